The maximum absolute atomic E-state index is 10.8. The SMILES string of the molecule is O=C(O)C1COS(=O)(=O)N1C(=O)O. The molecule has 0 radical (unpaired) electrons. The molecule has 0 bridgehead atoms. The molecule has 0 spiro atoms. The zero-order valence-electron chi connectivity index (χ0n) is 6.08. The molecule has 1 rings (SSSR count). The molecule has 1 heterocycles. The number of carboxylic acid groups (broad SMARTS) is 2. The van der Waals surface area contributed by atoms with Gasteiger partial charge in [0.15, 0.2) is 6.04 Å². The van der Waals surface area contributed by atoms with Crippen LogP contribution in [-0.4, -0.2) is 47.6 Å². The van der Waals surface area contributed by atoms with E-state index in [4.69, 9.17) is 10.2 Å². The molecule has 13 heavy (non-hydrogen) atoms. The number of hydrogen-bond donors (Lipinski definition) is 2. The first-order chi connectivity index (χ1) is 5.86. The van der Waals surface area contributed by atoms with Gasteiger partial charge in [0.1, 0.15) is 6.61 Å². The highest BCUT2D eigenvalue weighted by atomic mass is 32.2. The third-order valence-corrected chi connectivity index (χ3v) is 2.70. The molecule has 0 aromatic heterocycles. The number of aliphatic carboxylic acids is 1. The summed E-state index contributed by atoms with van der Waals surface area (Å²) < 4.78 is 25.4. The number of rotatable bonds is 1. The van der Waals surface area contributed by atoms with Crippen LogP contribution in [0.3, 0.4) is 0 Å². The van der Waals surface area contributed by atoms with Gasteiger partial charge in [0.2, 0.25) is 0 Å². The van der Waals surface area contributed by atoms with Crippen molar-refractivity contribution in [1.82, 2.24) is 4.31 Å². The van der Waals surface area contributed by atoms with Gasteiger partial charge in [-0.15, -0.1) is 0 Å². The van der Waals surface area contributed by atoms with Crippen molar-refractivity contribution in [3.63, 3.8) is 0 Å². The van der Waals surface area contributed by atoms with Gasteiger partial charge in [-0.25, -0.2) is 9.59 Å². The molecule has 1 fully saturated rings. The first-order valence-electron chi connectivity index (χ1n) is 3.01. The van der Waals surface area contributed by atoms with Gasteiger partial charge in [-0.1, -0.05) is 0 Å². The Bertz CT molecular complexity index is 346. The fourth-order valence-corrected chi connectivity index (χ4v) is 1.90. The average molecular weight is 211 g/mol. The highest BCUT2D eigenvalue weighted by Gasteiger charge is 2.46. The summed E-state index contributed by atoms with van der Waals surface area (Å²) in [6, 6.07) is -1.69. The lowest BCUT2D eigenvalue weighted by molar-refractivity contribution is -0.140. The fourth-order valence-electron chi connectivity index (χ4n) is 0.831. The number of nitrogens with zero attached hydrogens (tertiary/aromatic N) is 1. The quantitative estimate of drug-likeness (QED) is 0.552. The molecular weight excluding hydrogens is 206 g/mol. The van der Waals surface area contributed by atoms with Gasteiger partial charge in [0, 0.05) is 0 Å². The van der Waals surface area contributed by atoms with Crippen molar-refractivity contribution >= 4 is 22.4 Å². The first kappa shape index (κ1) is 9.74. The van der Waals surface area contributed by atoms with Crippen LogP contribution in [-0.2, 0) is 19.3 Å². The summed E-state index contributed by atoms with van der Waals surface area (Å²) in [5.41, 5.74) is 0. The molecule has 2 N–H and O–H groups in total. The smallest absolute Gasteiger partial charge is 0.423 e. The van der Waals surface area contributed by atoms with Crippen molar-refractivity contribution in [2.75, 3.05) is 6.61 Å². The van der Waals surface area contributed by atoms with Gasteiger partial charge < -0.3 is 10.2 Å². The lowest BCUT2D eigenvalue weighted by Crippen LogP contribution is -2.42. The summed E-state index contributed by atoms with van der Waals surface area (Å²) in [6.45, 7) is -0.691. The Kier molecular flexibility index (Phi) is 2.14. The lowest BCUT2D eigenvalue weighted by Gasteiger charge is -2.12. The monoisotopic (exact) mass is 211 g/mol. The molecule has 1 aliphatic rings. The largest absolute Gasteiger partial charge is 0.480 e. The van der Waals surface area contributed by atoms with Crippen LogP contribution >= 0.6 is 0 Å². The van der Waals surface area contributed by atoms with Gasteiger partial charge in [-0.3, -0.25) is 4.18 Å². The second kappa shape index (κ2) is 2.85. The first-order valence-corrected chi connectivity index (χ1v) is 4.37. The molecule has 0 aromatic carbocycles. The Balaban J connectivity index is 3.07. The normalized spacial score (nSPS) is 25.8. The van der Waals surface area contributed by atoms with Gasteiger partial charge in [-0.2, -0.15) is 12.7 Å². The topological polar surface area (TPSA) is 121 Å². The van der Waals surface area contributed by atoms with E-state index in [0.29, 0.717) is 0 Å². The molecule has 1 amide bonds. The van der Waals surface area contributed by atoms with Gasteiger partial charge in [-0.05, 0) is 0 Å². The number of carboxylic acids is 1. The fraction of sp³-hybridized carbons (Fsp3) is 0.500. The van der Waals surface area contributed by atoms with E-state index in [1.54, 1.807) is 0 Å². The van der Waals surface area contributed by atoms with Crippen LogP contribution in [0.5, 0.6) is 0 Å². The molecule has 1 aliphatic heterocycles. The summed E-state index contributed by atoms with van der Waals surface area (Å²) in [5.74, 6) is -1.57. The van der Waals surface area contributed by atoms with Gasteiger partial charge in [0.05, 0.1) is 0 Å². The molecule has 8 nitrogen and oxygen atoms in total. The van der Waals surface area contributed by atoms with E-state index in [9.17, 15) is 18.0 Å². The van der Waals surface area contributed by atoms with E-state index < -0.39 is 35.0 Å². The molecule has 1 atom stereocenters. The van der Waals surface area contributed by atoms with Crippen molar-refractivity contribution in [2.24, 2.45) is 0 Å². The highest BCUT2D eigenvalue weighted by molar-refractivity contribution is 7.85. The molecule has 0 saturated carbocycles. The number of hydrogen-bond acceptors (Lipinski definition) is 5. The lowest BCUT2D eigenvalue weighted by atomic mass is 10.3. The Labute approximate surface area is 72.6 Å². The van der Waals surface area contributed by atoms with E-state index in [1.165, 1.54) is 0 Å². The standard InChI is InChI=1S/C4H5NO7S/c6-3(7)2-1-12-13(10,11)5(2)4(8)9/h2H,1H2,(H,6,7)(H,8,9). The summed E-state index contributed by atoms with van der Waals surface area (Å²) in [7, 11) is -4.43. The Hall–Kier alpha value is -1.35. The van der Waals surface area contributed by atoms with Crippen LogP contribution in [0.15, 0.2) is 0 Å². The number of amides is 1. The Morgan fingerprint density at radius 3 is 2.23 bits per heavy atom. The molecule has 1 unspecified atom stereocenters. The van der Waals surface area contributed by atoms with E-state index >= 15 is 0 Å². The van der Waals surface area contributed by atoms with Crippen LogP contribution in [0, 0.1) is 0 Å². The third-order valence-electron chi connectivity index (χ3n) is 1.37. The van der Waals surface area contributed by atoms with Crippen molar-refractivity contribution in [3.05, 3.63) is 0 Å². The molecular formula is C4H5NO7S. The molecule has 74 valence electrons. The Morgan fingerprint density at radius 2 is 1.92 bits per heavy atom. The van der Waals surface area contributed by atoms with E-state index in [0.717, 1.165) is 0 Å². The van der Waals surface area contributed by atoms with Crippen molar-refractivity contribution in [3.8, 4) is 0 Å². The van der Waals surface area contributed by atoms with Crippen molar-refractivity contribution in [2.45, 2.75) is 6.04 Å². The molecule has 0 aromatic rings. The van der Waals surface area contributed by atoms with Crippen LogP contribution < -0.4 is 0 Å². The van der Waals surface area contributed by atoms with E-state index in [2.05, 4.69) is 4.18 Å². The van der Waals surface area contributed by atoms with Gasteiger partial charge >= 0.3 is 22.4 Å². The zero-order valence-corrected chi connectivity index (χ0v) is 6.89. The molecule has 0 aliphatic carbocycles. The minimum Gasteiger partial charge on any atom is -0.480 e. The van der Waals surface area contributed by atoms with Crippen LogP contribution in [0.25, 0.3) is 0 Å². The van der Waals surface area contributed by atoms with E-state index in [-0.39, 0.29) is 4.31 Å². The second-order valence-electron chi connectivity index (χ2n) is 2.17. The molecule has 1 saturated heterocycles. The summed E-state index contributed by atoms with van der Waals surface area (Å²) in [6.07, 6.45) is -1.87. The predicted octanol–water partition coefficient (Wildman–Crippen LogP) is -1.31. The molecule has 9 heteroatoms. The average Bonchev–Trinajstić information content (AvgIpc) is 2.24. The zero-order chi connectivity index (χ0) is 10.2. The maximum Gasteiger partial charge on any atom is 0.423 e. The predicted molar refractivity (Wildman–Crippen MR) is 36.2 cm³/mol. The number of carbonyl (C=O) groups is 2. The van der Waals surface area contributed by atoms with E-state index in [1.807, 2.05) is 0 Å². The van der Waals surface area contributed by atoms with Crippen molar-refractivity contribution < 1.29 is 32.4 Å². The Morgan fingerprint density at radius 1 is 1.38 bits per heavy atom. The van der Waals surface area contributed by atoms with Crippen molar-refractivity contribution in [1.29, 1.82) is 0 Å². The summed E-state index contributed by atoms with van der Waals surface area (Å²) >= 11 is 0. The van der Waals surface area contributed by atoms with Crippen LogP contribution in [0.1, 0.15) is 0 Å². The van der Waals surface area contributed by atoms with Gasteiger partial charge in [0.25, 0.3) is 0 Å². The maximum atomic E-state index is 10.8. The van der Waals surface area contributed by atoms with Crippen LogP contribution in [0.4, 0.5) is 4.79 Å². The highest BCUT2D eigenvalue weighted by Crippen LogP contribution is 2.18. The minimum atomic E-state index is -4.43. The van der Waals surface area contributed by atoms with Crippen LogP contribution in [0.2, 0.25) is 0 Å². The third kappa shape index (κ3) is 1.55. The second-order valence-corrected chi connectivity index (χ2v) is 3.66. The summed E-state index contributed by atoms with van der Waals surface area (Å²) in [5, 5.41) is 16.8. The minimum absolute atomic E-state index is 0.227. The summed E-state index contributed by atoms with van der Waals surface area (Å²) in [4.78, 5) is 20.7.